The highest BCUT2D eigenvalue weighted by molar-refractivity contribution is 9.10. The first-order valence-corrected chi connectivity index (χ1v) is 10.5. The summed E-state index contributed by atoms with van der Waals surface area (Å²) >= 11 is 3.33. The van der Waals surface area contributed by atoms with Gasteiger partial charge >= 0.3 is 5.91 Å². The van der Waals surface area contributed by atoms with Gasteiger partial charge in [-0.3, -0.25) is 14.5 Å². The van der Waals surface area contributed by atoms with Gasteiger partial charge in [0.25, 0.3) is 5.78 Å². The normalized spacial score (nSPS) is 17.7. The lowest BCUT2D eigenvalue weighted by Crippen LogP contribution is -2.30. The predicted molar refractivity (Wildman–Crippen MR) is 121 cm³/mol. The Hall–Kier alpha value is -3.45. The minimum atomic E-state index is -0.804. The molecule has 156 valence electrons. The molecule has 1 N–H and O–H groups in total. The van der Waals surface area contributed by atoms with Crippen LogP contribution in [-0.4, -0.2) is 28.4 Å². The van der Waals surface area contributed by atoms with E-state index < -0.39 is 17.7 Å². The molecule has 0 saturated carbocycles. The minimum absolute atomic E-state index is 0.0186. The lowest BCUT2D eigenvalue weighted by molar-refractivity contribution is -0.132. The van der Waals surface area contributed by atoms with Gasteiger partial charge in [-0.1, -0.05) is 30.3 Å². The number of ketones is 1. The van der Waals surface area contributed by atoms with Crippen molar-refractivity contribution in [1.29, 1.82) is 0 Å². The van der Waals surface area contributed by atoms with E-state index in [-0.39, 0.29) is 11.3 Å². The molecule has 1 aromatic heterocycles. The van der Waals surface area contributed by atoms with Crippen molar-refractivity contribution in [2.24, 2.45) is 0 Å². The van der Waals surface area contributed by atoms with E-state index in [0.29, 0.717) is 29.3 Å². The zero-order valence-corrected chi connectivity index (χ0v) is 18.2. The lowest BCUT2D eigenvalue weighted by Gasteiger charge is -2.24. The number of anilines is 1. The number of pyridine rings is 1. The van der Waals surface area contributed by atoms with Gasteiger partial charge in [0, 0.05) is 16.2 Å². The SMILES string of the molecule is CCOc1ccc(C(O)=C2C(=O)C(=O)N(c3ccc(Br)cn3)C2c2ccccc2)cc1. The van der Waals surface area contributed by atoms with Gasteiger partial charge in [0.2, 0.25) is 0 Å². The Bertz CT molecular complexity index is 1140. The number of Topliss-reactive ketones (excluding diaryl/α,β-unsaturated/α-hetero) is 1. The van der Waals surface area contributed by atoms with E-state index in [1.165, 1.54) is 4.90 Å². The molecule has 7 heteroatoms. The van der Waals surface area contributed by atoms with E-state index in [1.807, 2.05) is 37.3 Å². The molecule has 1 amide bonds. The van der Waals surface area contributed by atoms with Crippen molar-refractivity contribution in [3.63, 3.8) is 0 Å². The highest BCUT2D eigenvalue weighted by Gasteiger charge is 2.47. The Morgan fingerprint density at radius 3 is 2.39 bits per heavy atom. The quantitative estimate of drug-likeness (QED) is 0.321. The number of carbonyl (C=O) groups excluding carboxylic acids is 2. The summed E-state index contributed by atoms with van der Waals surface area (Å²) in [5, 5.41) is 11.1. The van der Waals surface area contributed by atoms with Crippen LogP contribution in [0, 0.1) is 0 Å². The number of ether oxygens (including phenoxy) is 1. The van der Waals surface area contributed by atoms with Crippen molar-refractivity contribution in [2.45, 2.75) is 13.0 Å². The van der Waals surface area contributed by atoms with E-state index in [2.05, 4.69) is 20.9 Å². The fraction of sp³-hybridized carbons (Fsp3) is 0.125. The first kappa shape index (κ1) is 20.8. The zero-order chi connectivity index (χ0) is 22.0. The molecule has 1 fully saturated rings. The average molecular weight is 479 g/mol. The van der Waals surface area contributed by atoms with Crippen molar-refractivity contribution in [2.75, 3.05) is 11.5 Å². The molecule has 2 heterocycles. The molecule has 4 rings (SSSR count). The molecule has 1 unspecified atom stereocenters. The van der Waals surface area contributed by atoms with Crippen molar-refractivity contribution < 1.29 is 19.4 Å². The zero-order valence-electron chi connectivity index (χ0n) is 16.7. The number of rotatable bonds is 5. The van der Waals surface area contributed by atoms with Gasteiger partial charge in [-0.05, 0) is 64.8 Å². The van der Waals surface area contributed by atoms with Crippen LogP contribution in [-0.2, 0) is 9.59 Å². The van der Waals surface area contributed by atoms with Crippen LogP contribution in [0.4, 0.5) is 5.82 Å². The van der Waals surface area contributed by atoms with Crippen molar-refractivity contribution >= 4 is 39.2 Å². The van der Waals surface area contributed by atoms with Crippen molar-refractivity contribution in [3.8, 4) is 5.75 Å². The Kier molecular flexibility index (Phi) is 5.86. The molecule has 0 spiro atoms. The monoisotopic (exact) mass is 478 g/mol. The molecule has 0 aliphatic carbocycles. The standard InChI is InChI=1S/C24H19BrN2O4/c1-2-31-18-11-8-16(9-12-18)22(28)20-21(15-6-4-3-5-7-15)27(24(30)23(20)29)19-13-10-17(25)14-26-19/h3-14,21,28H,2H2,1H3. The topological polar surface area (TPSA) is 79.7 Å². The van der Waals surface area contributed by atoms with Gasteiger partial charge in [0.1, 0.15) is 17.3 Å². The van der Waals surface area contributed by atoms with Crippen LogP contribution >= 0.6 is 15.9 Å². The summed E-state index contributed by atoms with van der Waals surface area (Å²) in [5.41, 5.74) is 1.13. The maximum absolute atomic E-state index is 13.1. The Balaban J connectivity index is 1.87. The molecule has 3 aromatic rings. The summed E-state index contributed by atoms with van der Waals surface area (Å²) < 4.78 is 6.19. The maximum atomic E-state index is 13.1. The summed E-state index contributed by atoms with van der Waals surface area (Å²) in [6, 6.07) is 18.5. The second-order valence-corrected chi connectivity index (χ2v) is 7.79. The molecular weight excluding hydrogens is 460 g/mol. The first-order chi connectivity index (χ1) is 15.0. The maximum Gasteiger partial charge on any atom is 0.301 e. The summed E-state index contributed by atoms with van der Waals surface area (Å²) in [4.78, 5) is 31.7. The van der Waals surface area contributed by atoms with Crippen LogP contribution in [0.3, 0.4) is 0 Å². The fourth-order valence-electron chi connectivity index (χ4n) is 3.56. The second-order valence-electron chi connectivity index (χ2n) is 6.87. The molecular formula is C24H19BrN2O4. The van der Waals surface area contributed by atoms with E-state index in [1.54, 1.807) is 42.6 Å². The Labute approximate surface area is 187 Å². The fourth-order valence-corrected chi connectivity index (χ4v) is 3.80. The average Bonchev–Trinajstić information content (AvgIpc) is 3.06. The van der Waals surface area contributed by atoms with Crippen LogP contribution in [0.2, 0.25) is 0 Å². The number of aromatic nitrogens is 1. The second kappa shape index (κ2) is 8.73. The predicted octanol–water partition coefficient (Wildman–Crippen LogP) is 4.87. The Morgan fingerprint density at radius 2 is 1.77 bits per heavy atom. The third-order valence-electron chi connectivity index (χ3n) is 4.96. The van der Waals surface area contributed by atoms with E-state index in [0.717, 1.165) is 4.47 Å². The first-order valence-electron chi connectivity index (χ1n) is 9.72. The number of benzene rings is 2. The van der Waals surface area contributed by atoms with Crippen LogP contribution in [0.25, 0.3) is 5.76 Å². The molecule has 0 radical (unpaired) electrons. The van der Waals surface area contributed by atoms with Crippen LogP contribution < -0.4 is 9.64 Å². The molecule has 1 aliphatic rings. The summed E-state index contributed by atoms with van der Waals surface area (Å²) in [6.07, 6.45) is 1.56. The van der Waals surface area contributed by atoms with Crippen LogP contribution in [0.1, 0.15) is 24.1 Å². The largest absolute Gasteiger partial charge is 0.507 e. The number of aliphatic hydroxyl groups excluding tert-OH is 1. The summed E-state index contributed by atoms with van der Waals surface area (Å²) in [6.45, 7) is 2.40. The number of nitrogens with zero attached hydrogens (tertiary/aromatic N) is 2. The van der Waals surface area contributed by atoms with Crippen LogP contribution in [0.15, 0.2) is 83.0 Å². The van der Waals surface area contributed by atoms with Crippen LogP contribution in [0.5, 0.6) is 5.75 Å². The van der Waals surface area contributed by atoms with Gasteiger partial charge < -0.3 is 9.84 Å². The number of hydrogen-bond donors (Lipinski definition) is 1. The molecule has 1 aliphatic heterocycles. The molecule has 2 aromatic carbocycles. The van der Waals surface area contributed by atoms with Gasteiger partial charge in [-0.25, -0.2) is 4.98 Å². The Morgan fingerprint density at radius 1 is 1.06 bits per heavy atom. The van der Waals surface area contributed by atoms with Gasteiger partial charge in [-0.2, -0.15) is 0 Å². The van der Waals surface area contributed by atoms with E-state index >= 15 is 0 Å². The number of carbonyl (C=O) groups is 2. The van der Waals surface area contributed by atoms with Crippen molar-refractivity contribution in [3.05, 3.63) is 94.1 Å². The molecule has 6 nitrogen and oxygen atoms in total. The molecule has 0 bridgehead atoms. The molecule has 1 atom stereocenters. The third-order valence-corrected chi connectivity index (χ3v) is 5.43. The summed E-state index contributed by atoms with van der Waals surface area (Å²) in [5.74, 6) is -0.765. The third kappa shape index (κ3) is 3.96. The lowest BCUT2D eigenvalue weighted by atomic mass is 9.95. The number of hydrogen-bond acceptors (Lipinski definition) is 5. The number of amides is 1. The van der Waals surface area contributed by atoms with E-state index in [9.17, 15) is 14.7 Å². The highest BCUT2D eigenvalue weighted by Crippen LogP contribution is 2.41. The highest BCUT2D eigenvalue weighted by atomic mass is 79.9. The van der Waals surface area contributed by atoms with E-state index in [4.69, 9.17) is 4.74 Å². The number of aliphatic hydroxyl groups is 1. The molecule has 1 saturated heterocycles. The summed E-state index contributed by atoms with van der Waals surface area (Å²) in [7, 11) is 0. The molecule has 31 heavy (non-hydrogen) atoms. The van der Waals surface area contributed by atoms with Crippen molar-refractivity contribution in [1.82, 2.24) is 4.98 Å². The van der Waals surface area contributed by atoms with Gasteiger partial charge in [0.15, 0.2) is 0 Å². The minimum Gasteiger partial charge on any atom is -0.507 e. The smallest absolute Gasteiger partial charge is 0.301 e. The van der Waals surface area contributed by atoms with Gasteiger partial charge in [-0.15, -0.1) is 0 Å². The van der Waals surface area contributed by atoms with Gasteiger partial charge in [0.05, 0.1) is 18.2 Å². The number of halogens is 1.